The topological polar surface area (TPSA) is 99.3 Å². The lowest BCUT2D eigenvalue weighted by atomic mass is 10.1. The van der Waals surface area contributed by atoms with Crippen LogP contribution in [0.25, 0.3) is 10.9 Å². The van der Waals surface area contributed by atoms with E-state index < -0.39 is 11.9 Å². The maximum Gasteiger partial charge on any atom is 0.303 e. The number of carbonyl (C=O) groups is 2. The van der Waals surface area contributed by atoms with E-state index in [0.29, 0.717) is 17.3 Å². The van der Waals surface area contributed by atoms with Crippen LogP contribution in [-0.2, 0) is 4.79 Å². The van der Waals surface area contributed by atoms with Crippen LogP contribution in [0.2, 0.25) is 0 Å². The van der Waals surface area contributed by atoms with Crippen LogP contribution >= 0.6 is 0 Å². The Labute approximate surface area is 120 Å². The van der Waals surface area contributed by atoms with Gasteiger partial charge < -0.3 is 15.4 Å². The Morgan fingerprint density at radius 3 is 2.76 bits per heavy atom. The summed E-state index contributed by atoms with van der Waals surface area (Å²) < 4.78 is 0. The van der Waals surface area contributed by atoms with Gasteiger partial charge in [-0.05, 0) is 25.5 Å². The molecule has 6 heteroatoms. The number of aliphatic carboxylic acids is 1. The number of nitrogens with one attached hydrogen (secondary N) is 2. The molecule has 6 nitrogen and oxygen atoms in total. The second-order valence-electron chi connectivity index (χ2n) is 4.90. The number of pyridine rings is 1. The standard InChI is InChI=1S/C15H16N2O4/c1-9(6-7-14(19)20)16-15(21)12-8-13(18)10-4-2-3-5-11(10)17-12/h2-5,8-9H,6-7H2,1H3,(H,16,21)(H,17,18)(H,19,20). The minimum Gasteiger partial charge on any atom is -0.481 e. The number of carboxylic acid groups (broad SMARTS) is 1. The number of aromatic nitrogens is 1. The quantitative estimate of drug-likeness (QED) is 0.776. The van der Waals surface area contributed by atoms with Crippen LogP contribution in [0.3, 0.4) is 0 Å². The zero-order chi connectivity index (χ0) is 15.4. The highest BCUT2D eigenvalue weighted by molar-refractivity contribution is 5.94. The monoisotopic (exact) mass is 288 g/mol. The van der Waals surface area contributed by atoms with Gasteiger partial charge in [-0.1, -0.05) is 12.1 Å². The number of rotatable bonds is 5. The number of H-pyrrole nitrogens is 1. The molecule has 1 aromatic heterocycles. The molecule has 0 radical (unpaired) electrons. The summed E-state index contributed by atoms with van der Waals surface area (Å²) in [6.07, 6.45) is 0.314. The van der Waals surface area contributed by atoms with Crippen LogP contribution in [0.5, 0.6) is 0 Å². The fourth-order valence-corrected chi connectivity index (χ4v) is 2.03. The molecule has 3 N–H and O–H groups in total. The second kappa shape index (κ2) is 6.21. The first-order chi connectivity index (χ1) is 9.97. The van der Waals surface area contributed by atoms with Crippen molar-refractivity contribution in [3.8, 4) is 0 Å². The van der Waals surface area contributed by atoms with Crippen molar-refractivity contribution in [3.63, 3.8) is 0 Å². The fourth-order valence-electron chi connectivity index (χ4n) is 2.03. The van der Waals surface area contributed by atoms with Gasteiger partial charge in [-0.15, -0.1) is 0 Å². The molecule has 0 aliphatic rings. The number of aromatic amines is 1. The van der Waals surface area contributed by atoms with Crippen LogP contribution in [-0.4, -0.2) is 28.0 Å². The number of carboxylic acids is 1. The van der Waals surface area contributed by atoms with Crippen molar-refractivity contribution in [2.75, 3.05) is 0 Å². The first kappa shape index (κ1) is 14.8. The summed E-state index contributed by atoms with van der Waals surface area (Å²) in [6, 6.07) is 7.90. The molecule has 110 valence electrons. The van der Waals surface area contributed by atoms with E-state index >= 15 is 0 Å². The molecule has 1 atom stereocenters. The second-order valence-corrected chi connectivity index (χ2v) is 4.90. The van der Waals surface area contributed by atoms with Crippen molar-refractivity contribution in [2.24, 2.45) is 0 Å². The molecule has 21 heavy (non-hydrogen) atoms. The molecule has 2 rings (SSSR count). The van der Waals surface area contributed by atoms with E-state index in [9.17, 15) is 14.4 Å². The summed E-state index contributed by atoms with van der Waals surface area (Å²) in [4.78, 5) is 37.4. The average molecular weight is 288 g/mol. The Kier molecular flexibility index (Phi) is 4.37. The lowest BCUT2D eigenvalue weighted by molar-refractivity contribution is -0.137. The van der Waals surface area contributed by atoms with Gasteiger partial charge in [0.15, 0.2) is 5.43 Å². The molecule has 1 amide bonds. The molecule has 0 aliphatic carbocycles. The normalized spacial score (nSPS) is 12.0. The van der Waals surface area contributed by atoms with Crippen LogP contribution in [0.1, 0.15) is 30.3 Å². The van der Waals surface area contributed by atoms with Crippen molar-refractivity contribution in [3.05, 3.63) is 46.2 Å². The molecule has 0 bridgehead atoms. The number of benzene rings is 1. The minimum atomic E-state index is -0.907. The number of fused-ring (bicyclic) bond motifs is 1. The maximum atomic E-state index is 12.1. The van der Waals surface area contributed by atoms with Crippen LogP contribution in [0.4, 0.5) is 0 Å². The molecule has 0 fully saturated rings. The summed E-state index contributed by atoms with van der Waals surface area (Å²) in [6.45, 7) is 1.72. The molecule has 0 saturated heterocycles. The molecule has 0 spiro atoms. The predicted octanol–water partition coefficient (Wildman–Crippen LogP) is 1.51. The molecular formula is C15H16N2O4. The van der Waals surface area contributed by atoms with Crippen LogP contribution in [0, 0.1) is 0 Å². The van der Waals surface area contributed by atoms with Gasteiger partial charge in [0.05, 0.1) is 0 Å². The zero-order valence-corrected chi connectivity index (χ0v) is 11.6. The first-order valence-electron chi connectivity index (χ1n) is 6.62. The molecule has 0 saturated carbocycles. The van der Waals surface area contributed by atoms with Gasteiger partial charge in [-0.25, -0.2) is 0 Å². The van der Waals surface area contributed by atoms with E-state index in [1.54, 1.807) is 31.2 Å². The number of amides is 1. The maximum absolute atomic E-state index is 12.1. The van der Waals surface area contributed by atoms with Gasteiger partial charge in [-0.2, -0.15) is 0 Å². The number of hydrogen-bond acceptors (Lipinski definition) is 3. The lowest BCUT2D eigenvalue weighted by Gasteiger charge is -2.13. The molecular weight excluding hydrogens is 272 g/mol. The first-order valence-corrected chi connectivity index (χ1v) is 6.62. The van der Waals surface area contributed by atoms with E-state index in [-0.39, 0.29) is 23.6 Å². The Hall–Kier alpha value is -2.63. The molecule has 1 unspecified atom stereocenters. The van der Waals surface area contributed by atoms with Crippen LogP contribution < -0.4 is 10.7 Å². The number of para-hydroxylation sites is 1. The summed E-state index contributed by atoms with van der Waals surface area (Å²) in [5.74, 6) is -1.33. The Morgan fingerprint density at radius 1 is 1.33 bits per heavy atom. The van der Waals surface area contributed by atoms with Gasteiger partial charge in [0.2, 0.25) is 0 Å². The predicted molar refractivity (Wildman–Crippen MR) is 78.4 cm³/mol. The lowest BCUT2D eigenvalue weighted by Crippen LogP contribution is -2.34. The van der Waals surface area contributed by atoms with Crippen molar-refractivity contribution in [2.45, 2.75) is 25.8 Å². The van der Waals surface area contributed by atoms with Gasteiger partial charge in [0.1, 0.15) is 5.69 Å². The van der Waals surface area contributed by atoms with E-state index in [0.717, 1.165) is 0 Å². The molecule has 1 aromatic carbocycles. The number of hydrogen-bond donors (Lipinski definition) is 3. The third-order valence-electron chi connectivity index (χ3n) is 3.15. The number of carbonyl (C=O) groups excluding carboxylic acids is 1. The van der Waals surface area contributed by atoms with Crippen molar-refractivity contribution in [1.82, 2.24) is 10.3 Å². The Balaban J connectivity index is 2.16. The van der Waals surface area contributed by atoms with E-state index in [4.69, 9.17) is 5.11 Å². The van der Waals surface area contributed by atoms with Crippen molar-refractivity contribution in [1.29, 1.82) is 0 Å². The van der Waals surface area contributed by atoms with Gasteiger partial charge in [-0.3, -0.25) is 14.4 Å². The highest BCUT2D eigenvalue weighted by atomic mass is 16.4. The van der Waals surface area contributed by atoms with E-state index in [2.05, 4.69) is 10.3 Å². The van der Waals surface area contributed by atoms with Crippen molar-refractivity contribution >= 4 is 22.8 Å². The molecule has 1 heterocycles. The molecule has 2 aromatic rings. The third kappa shape index (κ3) is 3.68. The summed E-state index contributed by atoms with van der Waals surface area (Å²) >= 11 is 0. The van der Waals surface area contributed by atoms with Gasteiger partial charge >= 0.3 is 5.97 Å². The van der Waals surface area contributed by atoms with Crippen LogP contribution in [0.15, 0.2) is 35.1 Å². The van der Waals surface area contributed by atoms with Crippen molar-refractivity contribution < 1.29 is 14.7 Å². The zero-order valence-electron chi connectivity index (χ0n) is 11.6. The highest BCUT2D eigenvalue weighted by Crippen LogP contribution is 2.07. The largest absolute Gasteiger partial charge is 0.481 e. The Morgan fingerprint density at radius 2 is 2.05 bits per heavy atom. The molecule has 0 aliphatic heterocycles. The third-order valence-corrected chi connectivity index (χ3v) is 3.15. The fraction of sp³-hybridized carbons (Fsp3) is 0.267. The van der Waals surface area contributed by atoms with Gasteiger partial charge in [0.25, 0.3) is 5.91 Å². The Bertz CT molecular complexity index is 736. The summed E-state index contributed by atoms with van der Waals surface area (Å²) in [5, 5.41) is 11.8. The SMILES string of the molecule is CC(CCC(=O)O)NC(=O)c1cc(=O)c2ccccc2[nH]1. The summed E-state index contributed by atoms with van der Waals surface area (Å²) in [5.41, 5.74) is 0.530. The highest BCUT2D eigenvalue weighted by Gasteiger charge is 2.13. The van der Waals surface area contributed by atoms with E-state index in [1.807, 2.05) is 0 Å². The summed E-state index contributed by atoms with van der Waals surface area (Å²) in [7, 11) is 0. The average Bonchev–Trinajstić information content (AvgIpc) is 2.45. The smallest absolute Gasteiger partial charge is 0.303 e. The minimum absolute atomic E-state index is 0.0182. The van der Waals surface area contributed by atoms with Gasteiger partial charge in [0, 0.05) is 29.4 Å². The van der Waals surface area contributed by atoms with E-state index in [1.165, 1.54) is 6.07 Å².